The summed E-state index contributed by atoms with van der Waals surface area (Å²) in [4.78, 5) is 38.6. The molecule has 144 valence electrons. The number of amides is 1. The molecule has 0 radical (unpaired) electrons. The van der Waals surface area contributed by atoms with Crippen LogP contribution in [-0.4, -0.2) is 36.0 Å². The number of rotatable bonds is 6. The summed E-state index contributed by atoms with van der Waals surface area (Å²) in [6, 6.07) is 3.11. The molecule has 0 spiro atoms. The maximum Gasteiger partial charge on any atom is 0.355 e. The molecular formula is C18H18F2N2O5. The number of aryl methyl sites for hydroxylation is 1. The standard InChI is InChI=1S/C18H18F2N2O5/c1-4-26-17(24)14-9(2)15(21-10(14)3)18(25)27-8-13(23)22-16-11(19)6-5-7-12(16)20/h5-7,21H,4,8H2,1-3H3,(H,22,23). The number of aromatic nitrogens is 1. The number of halogens is 2. The number of carbonyl (C=O) groups excluding carboxylic acids is 3. The molecule has 9 heteroatoms. The molecule has 0 bridgehead atoms. The number of aromatic amines is 1. The van der Waals surface area contributed by atoms with Crippen LogP contribution in [0.4, 0.5) is 14.5 Å². The zero-order chi connectivity index (χ0) is 20.1. The Bertz CT molecular complexity index is 872. The summed E-state index contributed by atoms with van der Waals surface area (Å²) in [7, 11) is 0. The van der Waals surface area contributed by atoms with E-state index < -0.39 is 41.8 Å². The SMILES string of the molecule is CCOC(=O)c1c(C)[nH]c(C(=O)OCC(=O)Nc2c(F)cccc2F)c1C. The highest BCUT2D eigenvalue weighted by molar-refractivity contribution is 5.99. The average molecular weight is 380 g/mol. The summed E-state index contributed by atoms with van der Waals surface area (Å²) >= 11 is 0. The van der Waals surface area contributed by atoms with Gasteiger partial charge in [0.05, 0.1) is 12.2 Å². The third kappa shape index (κ3) is 4.49. The molecule has 0 aliphatic rings. The molecule has 0 saturated heterocycles. The molecule has 1 heterocycles. The van der Waals surface area contributed by atoms with E-state index in [0.717, 1.165) is 18.2 Å². The van der Waals surface area contributed by atoms with Crippen LogP contribution in [0.25, 0.3) is 0 Å². The lowest BCUT2D eigenvalue weighted by molar-refractivity contribution is -0.119. The highest BCUT2D eigenvalue weighted by Crippen LogP contribution is 2.20. The number of ether oxygens (including phenoxy) is 2. The molecule has 1 amide bonds. The van der Waals surface area contributed by atoms with Gasteiger partial charge in [0.2, 0.25) is 0 Å². The minimum atomic E-state index is -0.954. The van der Waals surface area contributed by atoms with E-state index in [0.29, 0.717) is 11.3 Å². The van der Waals surface area contributed by atoms with Crippen molar-refractivity contribution in [2.24, 2.45) is 0 Å². The van der Waals surface area contributed by atoms with Crippen molar-refractivity contribution in [3.63, 3.8) is 0 Å². The molecule has 27 heavy (non-hydrogen) atoms. The van der Waals surface area contributed by atoms with Gasteiger partial charge in [0, 0.05) is 5.69 Å². The lowest BCUT2D eigenvalue weighted by Crippen LogP contribution is -2.22. The number of benzene rings is 1. The van der Waals surface area contributed by atoms with Crippen molar-refractivity contribution in [1.29, 1.82) is 0 Å². The number of para-hydroxylation sites is 1. The van der Waals surface area contributed by atoms with Gasteiger partial charge in [-0.3, -0.25) is 4.79 Å². The number of H-pyrrole nitrogens is 1. The average Bonchev–Trinajstić information content (AvgIpc) is 2.91. The summed E-state index contributed by atoms with van der Waals surface area (Å²) in [6.45, 7) is 4.18. The Morgan fingerprint density at radius 3 is 2.30 bits per heavy atom. The summed E-state index contributed by atoms with van der Waals surface area (Å²) < 4.78 is 36.8. The fourth-order valence-corrected chi connectivity index (χ4v) is 2.46. The van der Waals surface area contributed by atoms with Crippen LogP contribution in [0.5, 0.6) is 0 Å². The lowest BCUT2D eigenvalue weighted by Gasteiger charge is -2.08. The van der Waals surface area contributed by atoms with Crippen molar-refractivity contribution >= 4 is 23.5 Å². The van der Waals surface area contributed by atoms with Gasteiger partial charge in [0.15, 0.2) is 6.61 Å². The van der Waals surface area contributed by atoms with Crippen molar-refractivity contribution in [2.45, 2.75) is 20.8 Å². The molecule has 0 saturated carbocycles. The third-order valence-corrected chi connectivity index (χ3v) is 3.68. The number of hydrogen-bond donors (Lipinski definition) is 2. The van der Waals surface area contributed by atoms with Crippen LogP contribution in [-0.2, 0) is 14.3 Å². The highest BCUT2D eigenvalue weighted by atomic mass is 19.1. The first-order valence-electron chi connectivity index (χ1n) is 8.03. The van der Waals surface area contributed by atoms with E-state index in [1.165, 1.54) is 6.92 Å². The van der Waals surface area contributed by atoms with Gasteiger partial charge in [-0.25, -0.2) is 18.4 Å². The van der Waals surface area contributed by atoms with E-state index in [1.54, 1.807) is 13.8 Å². The molecule has 2 aromatic rings. The van der Waals surface area contributed by atoms with Crippen LogP contribution < -0.4 is 5.32 Å². The zero-order valence-corrected chi connectivity index (χ0v) is 14.9. The van der Waals surface area contributed by atoms with E-state index in [4.69, 9.17) is 9.47 Å². The Morgan fingerprint density at radius 1 is 1.07 bits per heavy atom. The predicted molar refractivity (Wildman–Crippen MR) is 91.5 cm³/mol. The van der Waals surface area contributed by atoms with Gasteiger partial charge in [-0.2, -0.15) is 0 Å². The maximum absolute atomic E-state index is 13.5. The molecule has 0 aliphatic heterocycles. The molecule has 1 aromatic carbocycles. The fraction of sp³-hybridized carbons (Fsp3) is 0.278. The quantitative estimate of drug-likeness (QED) is 0.751. The van der Waals surface area contributed by atoms with Crippen LogP contribution >= 0.6 is 0 Å². The second-order valence-corrected chi connectivity index (χ2v) is 5.57. The lowest BCUT2D eigenvalue weighted by atomic mass is 10.1. The molecule has 1 aromatic heterocycles. The number of hydrogen-bond acceptors (Lipinski definition) is 5. The van der Waals surface area contributed by atoms with Crippen molar-refractivity contribution in [3.05, 3.63) is 52.3 Å². The normalized spacial score (nSPS) is 10.4. The van der Waals surface area contributed by atoms with E-state index in [1.807, 2.05) is 5.32 Å². The summed E-state index contributed by atoms with van der Waals surface area (Å²) in [5.41, 5.74) is 0.296. The Balaban J connectivity index is 2.05. The maximum atomic E-state index is 13.5. The molecule has 0 aliphatic carbocycles. The van der Waals surface area contributed by atoms with Gasteiger partial charge in [0.25, 0.3) is 5.91 Å². The predicted octanol–water partition coefficient (Wildman–Crippen LogP) is 2.88. The smallest absolute Gasteiger partial charge is 0.355 e. The minimum Gasteiger partial charge on any atom is -0.462 e. The van der Waals surface area contributed by atoms with Crippen LogP contribution in [0.2, 0.25) is 0 Å². The topological polar surface area (TPSA) is 97.5 Å². The molecule has 0 fully saturated rings. The summed E-state index contributed by atoms with van der Waals surface area (Å²) in [6.07, 6.45) is 0. The first kappa shape index (κ1) is 20.1. The Morgan fingerprint density at radius 2 is 1.70 bits per heavy atom. The Kier molecular flexibility index (Phi) is 6.27. The van der Waals surface area contributed by atoms with Crippen molar-refractivity contribution in [3.8, 4) is 0 Å². The van der Waals surface area contributed by atoms with E-state index in [2.05, 4.69) is 4.98 Å². The molecule has 0 atom stereocenters. The number of carbonyl (C=O) groups is 3. The number of anilines is 1. The minimum absolute atomic E-state index is 0.0135. The van der Waals surface area contributed by atoms with Crippen molar-refractivity contribution in [2.75, 3.05) is 18.5 Å². The first-order chi connectivity index (χ1) is 12.8. The van der Waals surface area contributed by atoms with Crippen LogP contribution in [0.1, 0.15) is 39.0 Å². The van der Waals surface area contributed by atoms with Gasteiger partial charge in [-0.15, -0.1) is 0 Å². The van der Waals surface area contributed by atoms with E-state index in [9.17, 15) is 23.2 Å². The third-order valence-electron chi connectivity index (χ3n) is 3.68. The van der Waals surface area contributed by atoms with Gasteiger partial charge in [0.1, 0.15) is 23.0 Å². The largest absolute Gasteiger partial charge is 0.462 e. The molecule has 7 nitrogen and oxygen atoms in total. The van der Waals surface area contributed by atoms with E-state index >= 15 is 0 Å². The Hall–Kier alpha value is -3.23. The highest BCUT2D eigenvalue weighted by Gasteiger charge is 2.24. The second-order valence-electron chi connectivity index (χ2n) is 5.57. The monoisotopic (exact) mass is 380 g/mol. The number of nitrogens with one attached hydrogen (secondary N) is 2. The summed E-state index contributed by atoms with van der Waals surface area (Å²) in [5.74, 6) is -4.31. The van der Waals surface area contributed by atoms with Gasteiger partial charge >= 0.3 is 11.9 Å². The second kappa shape index (κ2) is 8.43. The van der Waals surface area contributed by atoms with Crippen LogP contribution in [0, 0.1) is 25.5 Å². The van der Waals surface area contributed by atoms with Gasteiger partial charge < -0.3 is 19.8 Å². The van der Waals surface area contributed by atoms with Crippen LogP contribution in [0.15, 0.2) is 18.2 Å². The fourth-order valence-electron chi connectivity index (χ4n) is 2.46. The van der Waals surface area contributed by atoms with Crippen LogP contribution in [0.3, 0.4) is 0 Å². The first-order valence-corrected chi connectivity index (χ1v) is 8.03. The molecular weight excluding hydrogens is 362 g/mol. The van der Waals surface area contributed by atoms with E-state index in [-0.39, 0.29) is 17.9 Å². The molecule has 0 unspecified atom stereocenters. The molecule has 2 N–H and O–H groups in total. The molecule has 2 rings (SSSR count). The van der Waals surface area contributed by atoms with Gasteiger partial charge in [-0.1, -0.05) is 6.07 Å². The number of esters is 2. The zero-order valence-electron chi connectivity index (χ0n) is 14.9. The van der Waals surface area contributed by atoms with Crippen molar-refractivity contribution in [1.82, 2.24) is 4.98 Å². The van der Waals surface area contributed by atoms with Crippen molar-refractivity contribution < 1.29 is 32.6 Å². The Labute approximate surface area is 153 Å². The summed E-state index contributed by atoms with van der Waals surface area (Å²) in [5, 5.41) is 2.00. The van der Waals surface area contributed by atoms with Gasteiger partial charge in [-0.05, 0) is 38.5 Å².